The number of hydrogen-bond donors (Lipinski definition) is 0. The molecule has 0 aromatic heterocycles. The summed E-state index contributed by atoms with van der Waals surface area (Å²) < 4.78 is 12.6. The van der Waals surface area contributed by atoms with E-state index in [1.807, 2.05) is 44.2 Å². The number of quaternary nitrogens is 1. The zero-order valence-corrected chi connectivity index (χ0v) is 19.9. The molecule has 2 aliphatic heterocycles. The maximum Gasteiger partial charge on any atom is 0.310 e. The fraction of sp³-hybridized carbons (Fsp3) is 0.435. The fourth-order valence-electron chi connectivity index (χ4n) is 4.53. The Morgan fingerprint density at radius 2 is 1.79 bits per heavy atom. The van der Waals surface area contributed by atoms with Crippen LogP contribution in [0.4, 0.5) is 0 Å². The summed E-state index contributed by atoms with van der Waals surface area (Å²) in [6, 6.07) is 14.1. The van der Waals surface area contributed by atoms with Gasteiger partial charge in [0.1, 0.15) is 11.5 Å². The van der Waals surface area contributed by atoms with Crippen LogP contribution in [-0.2, 0) is 9.53 Å². The summed E-state index contributed by atoms with van der Waals surface area (Å²) in [7, 11) is 2.17. The van der Waals surface area contributed by atoms with E-state index in [4.69, 9.17) is 21.1 Å². The summed E-state index contributed by atoms with van der Waals surface area (Å²) in [6.45, 7) is 6.24. The summed E-state index contributed by atoms with van der Waals surface area (Å²) in [6.07, 6.45) is 0.460. The van der Waals surface area contributed by atoms with Crippen molar-refractivity contribution < 1.29 is 42.7 Å². The molecular weight excluding hydrogens is 501 g/mol. The summed E-state index contributed by atoms with van der Waals surface area (Å²) >= 11 is 6.32. The van der Waals surface area contributed by atoms with Crippen molar-refractivity contribution >= 4 is 17.6 Å². The average molecular weight is 528 g/mol. The van der Waals surface area contributed by atoms with Gasteiger partial charge < -0.3 is 33.5 Å². The van der Waals surface area contributed by atoms with Gasteiger partial charge in [0.25, 0.3) is 0 Å². The van der Waals surface area contributed by atoms with Crippen molar-refractivity contribution in [1.82, 2.24) is 0 Å². The van der Waals surface area contributed by atoms with Gasteiger partial charge in [-0.25, -0.2) is 0 Å². The van der Waals surface area contributed by atoms with E-state index in [-0.39, 0.29) is 35.9 Å². The first-order valence-electron chi connectivity index (χ1n) is 9.90. The number of carbonyl (C=O) groups excluding carboxylic acids is 1. The van der Waals surface area contributed by atoms with Gasteiger partial charge in [-0.05, 0) is 30.2 Å². The van der Waals surface area contributed by atoms with Gasteiger partial charge in [0, 0.05) is 34.4 Å². The minimum atomic E-state index is -0.117. The van der Waals surface area contributed by atoms with Crippen LogP contribution in [0.15, 0.2) is 42.5 Å². The molecule has 4 rings (SSSR count). The van der Waals surface area contributed by atoms with Gasteiger partial charge >= 0.3 is 5.97 Å². The Bertz CT molecular complexity index is 903. The number of ether oxygens (including phenoxy) is 2. The van der Waals surface area contributed by atoms with Crippen molar-refractivity contribution in [3.8, 4) is 11.5 Å². The highest BCUT2D eigenvalue weighted by Crippen LogP contribution is 2.51. The zero-order chi connectivity index (χ0) is 19.9. The molecule has 0 aliphatic carbocycles. The molecule has 2 aliphatic rings. The molecule has 3 unspecified atom stereocenters. The molecule has 156 valence electrons. The van der Waals surface area contributed by atoms with Crippen LogP contribution in [0.1, 0.15) is 43.2 Å². The number of esters is 1. The number of rotatable bonds is 4. The second kappa shape index (κ2) is 8.82. The standard InChI is InChI=1S/C23H27ClNO3.HI/c1-15(2)10-23(26)27-14-25(3)12-19-17-6-4-5-7-21(17)28-22-9-8-16(24)11-18(22)20(19)13-25;/h4-9,11,15,19-20H,10,12-14H2,1-3H3;1H/q+1;/p-1. The van der Waals surface area contributed by atoms with Crippen LogP contribution in [0, 0.1) is 5.92 Å². The highest BCUT2D eigenvalue weighted by atomic mass is 127. The molecule has 0 N–H and O–H groups in total. The summed E-state index contributed by atoms with van der Waals surface area (Å²) in [5, 5.41) is 0.719. The molecule has 3 atom stereocenters. The van der Waals surface area contributed by atoms with Gasteiger partial charge in [-0.3, -0.25) is 9.28 Å². The molecule has 4 nitrogen and oxygen atoms in total. The lowest BCUT2D eigenvalue weighted by atomic mass is 9.84. The number of para-hydroxylation sites is 1. The third kappa shape index (κ3) is 4.72. The molecule has 0 bridgehead atoms. The molecule has 1 saturated heterocycles. The lowest BCUT2D eigenvalue weighted by Gasteiger charge is -2.29. The van der Waals surface area contributed by atoms with Gasteiger partial charge in [0.05, 0.1) is 20.1 Å². The van der Waals surface area contributed by atoms with Gasteiger partial charge in [0.15, 0.2) is 0 Å². The summed E-state index contributed by atoms with van der Waals surface area (Å²) in [5.41, 5.74) is 2.36. The number of benzene rings is 2. The van der Waals surface area contributed by atoms with Crippen molar-refractivity contribution in [2.75, 3.05) is 26.9 Å². The van der Waals surface area contributed by atoms with Gasteiger partial charge in [-0.15, -0.1) is 0 Å². The Kier molecular flexibility index (Phi) is 6.81. The minimum Gasteiger partial charge on any atom is -1.00 e. The van der Waals surface area contributed by atoms with Crippen LogP contribution in [0.3, 0.4) is 0 Å². The third-order valence-electron chi connectivity index (χ3n) is 5.78. The molecule has 0 saturated carbocycles. The molecule has 2 aromatic carbocycles. The topological polar surface area (TPSA) is 35.5 Å². The largest absolute Gasteiger partial charge is 1.00 e. The SMILES string of the molecule is CC(C)CC(=O)OC[N+]1(C)CC2c3ccccc3Oc3ccc(Cl)cc3C2C1.[I-]. The smallest absolute Gasteiger partial charge is 0.310 e. The number of halogens is 2. The van der Waals surface area contributed by atoms with E-state index in [9.17, 15) is 4.79 Å². The van der Waals surface area contributed by atoms with Gasteiger partial charge in [-0.1, -0.05) is 43.6 Å². The lowest BCUT2D eigenvalue weighted by Crippen LogP contribution is -3.00. The van der Waals surface area contributed by atoms with Crippen molar-refractivity contribution in [3.63, 3.8) is 0 Å². The first-order valence-corrected chi connectivity index (χ1v) is 10.3. The van der Waals surface area contributed by atoms with Crippen molar-refractivity contribution in [2.45, 2.75) is 32.1 Å². The van der Waals surface area contributed by atoms with E-state index in [1.165, 1.54) is 5.56 Å². The van der Waals surface area contributed by atoms with E-state index in [0.717, 1.165) is 35.2 Å². The Morgan fingerprint density at radius 1 is 1.14 bits per heavy atom. The van der Waals surface area contributed by atoms with Crippen LogP contribution in [-0.4, -0.2) is 37.3 Å². The third-order valence-corrected chi connectivity index (χ3v) is 6.02. The Morgan fingerprint density at radius 3 is 2.52 bits per heavy atom. The molecule has 29 heavy (non-hydrogen) atoms. The normalized spacial score (nSPS) is 24.4. The van der Waals surface area contributed by atoms with Crippen molar-refractivity contribution in [2.24, 2.45) is 5.92 Å². The van der Waals surface area contributed by atoms with Crippen LogP contribution < -0.4 is 28.7 Å². The number of carbonyl (C=O) groups is 1. The maximum atomic E-state index is 12.1. The molecule has 0 amide bonds. The number of likely N-dealkylation sites (tertiary alicyclic amines) is 1. The maximum absolute atomic E-state index is 12.1. The number of likely N-dealkylation sites (N-methyl/N-ethyl adjacent to an activating group) is 1. The predicted octanol–water partition coefficient (Wildman–Crippen LogP) is 2.32. The fourth-order valence-corrected chi connectivity index (χ4v) is 4.72. The number of fused-ring (bicyclic) bond motifs is 5. The Balaban J connectivity index is 0.00000240. The van der Waals surface area contributed by atoms with Crippen LogP contribution in [0.5, 0.6) is 11.5 Å². The van der Waals surface area contributed by atoms with E-state index in [1.54, 1.807) is 0 Å². The second-order valence-electron chi connectivity index (χ2n) is 8.76. The van der Waals surface area contributed by atoms with E-state index >= 15 is 0 Å². The molecule has 0 radical (unpaired) electrons. The molecule has 0 spiro atoms. The van der Waals surface area contributed by atoms with Crippen LogP contribution in [0.2, 0.25) is 5.02 Å². The Hall–Kier alpha value is -1.31. The van der Waals surface area contributed by atoms with Crippen molar-refractivity contribution in [3.05, 3.63) is 58.6 Å². The van der Waals surface area contributed by atoms with Gasteiger partial charge in [-0.2, -0.15) is 0 Å². The number of hydrogen-bond acceptors (Lipinski definition) is 3. The zero-order valence-electron chi connectivity index (χ0n) is 17.0. The average Bonchev–Trinajstić information content (AvgIpc) is 2.94. The van der Waals surface area contributed by atoms with Gasteiger partial charge in [0.2, 0.25) is 6.73 Å². The highest BCUT2D eigenvalue weighted by Gasteiger charge is 2.48. The van der Waals surface area contributed by atoms with E-state index < -0.39 is 0 Å². The first-order chi connectivity index (χ1) is 13.3. The molecule has 1 fully saturated rings. The van der Waals surface area contributed by atoms with Crippen LogP contribution in [0.25, 0.3) is 0 Å². The highest BCUT2D eigenvalue weighted by molar-refractivity contribution is 6.30. The quantitative estimate of drug-likeness (QED) is 0.348. The first kappa shape index (κ1) is 22.4. The summed E-state index contributed by atoms with van der Waals surface area (Å²) in [4.78, 5) is 12.1. The molecular formula is C23H27ClINO3. The van der Waals surface area contributed by atoms with Crippen molar-refractivity contribution in [1.29, 1.82) is 0 Å². The minimum absolute atomic E-state index is 0. The molecule has 2 heterocycles. The Labute approximate surface area is 194 Å². The van der Waals surface area contributed by atoms with E-state index in [2.05, 4.69) is 19.2 Å². The number of nitrogens with zero attached hydrogens (tertiary/aromatic N) is 1. The predicted molar refractivity (Wildman–Crippen MR) is 110 cm³/mol. The van der Waals surface area contributed by atoms with Crippen LogP contribution >= 0.6 is 11.6 Å². The summed E-state index contributed by atoms with van der Waals surface area (Å²) in [5.74, 6) is 2.53. The monoisotopic (exact) mass is 527 g/mol. The van der Waals surface area contributed by atoms with E-state index in [0.29, 0.717) is 29.5 Å². The lowest BCUT2D eigenvalue weighted by molar-refractivity contribution is -0.915. The second-order valence-corrected chi connectivity index (χ2v) is 9.20. The molecule has 6 heteroatoms. The molecule has 2 aromatic rings.